The molecule has 2 heterocycles. The third-order valence-corrected chi connectivity index (χ3v) is 4.75. The van der Waals surface area contributed by atoms with Gasteiger partial charge in [0.15, 0.2) is 5.65 Å². The Labute approximate surface area is 161 Å². The van der Waals surface area contributed by atoms with E-state index in [1.807, 2.05) is 13.8 Å². The number of hydrogen-bond acceptors (Lipinski definition) is 5. The predicted octanol–water partition coefficient (Wildman–Crippen LogP) is 1.16. The molecule has 0 unspecified atom stereocenters. The van der Waals surface area contributed by atoms with E-state index in [-0.39, 0.29) is 41.4 Å². The third kappa shape index (κ3) is 3.97. The third-order valence-electron chi connectivity index (χ3n) is 4.75. The van der Waals surface area contributed by atoms with Crippen molar-refractivity contribution in [3.63, 3.8) is 0 Å². The monoisotopic (exact) mass is 388 g/mol. The first-order valence-corrected chi connectivity index (χ1v) is 9.34. The Bertz CT molecular complexity index is 1050. The fourth-order valence-electron chi connectivity index (χ4n) is 3.16. The number of carbonyl (C=O) groups excluding carboxylic acids is 1. The summed E-state index contributed by atoms with van der Waals surface area (Å²) >= 11 is 0. The minimum absolute atomic E-state index is 0.0142. The first kappa shape index (κ1) is 19.8. The standard InChI is InChI=1S/C19H24N4O5/c1-10(2)9-23-16-15(17(26)21-19(23)28)12(8-13(20-16)11-4-5-11)18(27)22(3)7-6-14(24)25/h8,10-11H,4-7,9H2,1-3H3,(H,24,25)(H,21,26,28). The van der Waals surface area contributed by atoms with Gasteiger partial charge in [0.05, 0.1) is 17.4 Å². The molecule has 28 heavy (non-hydrogen) atoms. The summed E-state index contributed by atoms with van der Waals surface area (Å²) in [6.45, 7) is 4.26. The smallest absolute Gasteiger partial charge is 0.330 e. The van der Waals surface area contributed by atoms with E-state index in [4.69, 9.17) is 5.11 Å². The molecular formula is C19H24N4O5. The Morgan fingerprint density at radius 1 is 1.36 bits per heavy atom. The van der Waals surface area contributed by atoms with Gasteiger partial charge in [0, 0.05) is 31.7 Å². The van der Waals surface area contributed by atoms with Crippen LogP contribution in [0.1, 0.15) is 55.1 Å². The largest absolute Gasteiger partial charge is 0.481 e. The number of fused-ring (bicyclic) bond motifs is 1. The first-order valence-electron chi connectivity index (χ1n) is 9.34. The highest BCUT2D eigenvalue weighted by atomic mass is 16.4. The topological polar surface area (TPSA) is 125 Å². The van der Waals surface area contributed by atoms with Gasteiger partial charge in [-0.3, -0.25) is 23.9 Å². The van der Waals surface area contributed by atoms with Gasteiger partial charge in [-0.1, -0.05) is 13.8 Å². The van der Waals surface area contributed by atoms with Crippen LogP contribution in [0.2, 0.25) is 0 Å². The van der Waals surface area contributed by atoms with Crippen LogP contribution in [0.4, 0.5) is 0 Å². The fourth-order valence-corrected chi connectivity index (χ4v) is 3.16. The Morgan fingerprint density at radius 2 is 2.04 bits per heavy atom. The van der Waals surface area contributed by atoms with Gasteiger partial charge < -0.3 is 10.0 Å². The molecule has 0 atom stereocenters. The summed E-state index contributed by atoms with van der Waals surface area (Å²) in [5, 5.41) is 8.93. The van der Waals surface area contributed by atoms with Crippen molar-refractivity contribution in [3.8, 4) is 0 Å². The lowest BCUT2D eigenvalue weighted by atomic mass is 10.1. The molecule has 150 valence electrons. The average molecular weight is 388 g/mol. The minimum Gasteiger partial charge on any atom is -0.481 e. The lowest BCUT2D eigenvalue weighted by Crippen LogP contribution is -2.35. The number of aliphatic carboxylic acids is 1. The molecule has 1 amide bonds. The first-order chi connectivity index (χ1) is 13.2. The number of nitrogens with zero attached hydrogens (tertiary/aromatic N) is 3. The van der Waals surface area contributed by atoms with E-state index in [9.17, 15) is 19.2 Å². The summed E-state index contributed by atoms with van der Waals surface area (Å²) < 4.78 is 1.40. The molecule has 0 bridgehead atoms. The van der Waals surface area contributed by atoms with E-state index in [0.717, 1.165) is 12.8 Å². The summed E-state index contributed by atoms with van der Waals surface area (Å²) in [6.07, 6.45) is 1.69. The van der Waals surface area contributed by atoms with Gasteiger partial charge in [0.25, 0.3) is 11.5 Å². The summed E-state index contributed by atoms with van der Waals surface area (Å²) in [5.74, 6) is -1.13. The van der Waals surface area contributed by atoms with E-state index in [2.05, 4.69) is 9.97 Å². The van der Waals surface area contributed by atoms with Crippen molar-refractivity contribution < 1.29 is 14.7 Å². The van der Waals surface area contributed by atoms with Gasteiger partial charge in [0.2, 0.25) is 0 Å². The molecule has 2 aromatic heterocycles. The quantitative estimate of drug-likeness (QED) is 0.733. The second kappa shape index (κ2) is 7.57. The molecule has 2 N–H and O–H groups in total. The summed E-state index contributed by atoms with van der Waals surface area (Å²) in [7, 11) is 1.49. The number of aromatic amines is 1. The Hall–Kier alpha value is -2.97. The molecule has 2 aromatic rings. The lowest BCUT2D eigenvalue weighted by Gasteiger charge is -2.19. The van der Waals surface area contributed by atoms with Gasteiger partial charge in [-0.05, 0) is 24.8 Å². The van der Waals surface area contributed by atoms with E-state index in [1.165, 1.54) is 16.5 Å². The fraction of sp³-hybridized carbons (Fsp3) is 0.526. The van der Waals surface area contributed by atoms with Crippen molar-refractivity contribution >= 4 is 22.9 Å². The zero-order valence-corrected chi connectivity index (χ0v) is 16.2. The average Bonchev–Trinajstić information content (AvgIpc) is 3.46. The van der Waals surface area contributed by atoms with Gasteiger partial charge in [-0.2, -0.15) is 0 Å². The van der Waals surface area contributed by atoms with Crippen LogP contribution in [0.3, 0.4) is 0 Å². The maximum Gasteiger partial charge on any atom is 0.330 e. The number of aromatic nitrogens is 3. The summed E-state index contributed by atoms with van der Waals surface area (Å²) in [6, 6.07) is 1.61. The SMILES string of the molecule is CC(C)Cn1c(=O)[nH]c(=O)c2c(C(=O)N(C)CCC(=O)O)cc(C3CC3)nc21. The van der Waals surface area contributed by atoms with Crippen molar-refractivity contribution in [2.24, 2.45) is 5.92 Å². The highest BCUT2D eigenvalue weighted by molar-refractivity contribution is 6.05. The van der Waals surface area contributed by atoms with Crippen molar-refractivity contribution in [1.82, 2.24) is 19.4 Å². The Morgan fingerprint density at radius 3 is 2.61 bits per heavy atom. The highest BCUT2D eigenvalue weighted by Gasteiger charge is 2.29. The van der Waals surface area contributed by atoms with Crippen LogP contribution in [0.15, 0.2) is 15.7 Å². The zero-order valence-electron chi connectivity index (χ0n) is 16.2. The number of rotatable bonds is 7. The van der Waals surface area contributed by atoms with Crippen LogP contribution in [0.5, 0.6) is 0 Å². The molecule has 0 spiro atoms. The Kier molecular flexibility index (Phi) is 5.35. The van der Waals surface area contributed by atoms with Crippen LogP contribution >= 0.6 is 0 Å². The number of H-pyrrole nitrogens is 1. The second-order valence-corrected chi connectivity index (χ2v) is 7.70. The van der Waals surface area contributed by atoms with E-state index < -0.39 is 23.1 Å². The number of amides is 1. The number of carboxylic acid groups (broad SMARTS) is 1. The highest BCUT2D eigenvalue weighted by Crippen LogP contribution is 2.40. The lowest BCUT2D eigenvalue weighted by molar-refractivity contribution is -0.137. The maximum absolute atomic E-state index is 13.0. The number of pyridine rings is 1. The van der Waals surface area contributed by atoms with Gasteiger partial charge in [0.1, 0.15) is 0 Å². The predicted molar refractivity (Wildman–Crippen MR) is 103 cm³/mol. The van der Waals surface area contributed by atoms with Crippen molar-refractivity contribution in [1.29, 1.82) is 0 Å². The maximum atomic E-state index is 13.0. The molecule has 9 heteroatoms. The molecule has 0 aromatic carbocycles. The summed E-state index contributed by atoms with van der Waals surface area (Å²) in [5.41, 5.74) is -0.167. The van der Waals surface area contributed by atoms with Gasteiger partial charge in [-0.15, -0.1) is 0 Å². The minimum atomic E-state index is -1.01. The molecule has 0 saturated heterocycles. The molecular weight excluding hydrogens is 364 g/mol. The molecule has 3 rings (SSSR count). The van der Waals surface area contributed by atoms with E-state index in [0.29, 0.717) is 12.2 Å². The van der Waals surface area contributed by atoms with Crippen molar-refractivity contribution in [2.75, 3.05) is 13.6 Å². The zero-order chi connectivity index (χ0) is 20.6. The summed E-state index contributed by atoms with van der Waals surface area (Å²) in [4.78, 5) is 56.9. The normalized spacial score (nSPS) is 13.9. The molecule has 1 aliphatic carbocycles. The second-order valence-electron chi connectivity index (χ2n) is 7.70. The van der Waals surface area contributed by atoms with Crippen LogP contribution in [-0.2, 0) is 11.3 Å². The van der Waals surface area contributed by atoms with Crippen LogP contribution in [0, 0.1) is 5.92 Å². The van der Waals surface area contributed by atoms with Crippen LogP contribution in [0.25, 0.3) is 11.0 Å². The van der Waals surface area contributed by atoms with Crippen molar-refractivity contribution in [3.05, 3.63) is 38.2 Å². The number of nitrogens with one attached hydrogen (secondary N) is 1. The van der Waals surface area contributed by atoms with E-state index in [1.54, 1.807) is 6.07 Å². The van der Waals surface area contributed by atoms with Crippen LogP contribution in [-0.4, -0.2) is 50.0 Å². The van der Waals surface area contributed by atoms with Crippen molar-refractivity contribution in [2.45, 2.75) is 45.6 Å². The number of carboxylic acids is 1. The molecule has 1 fully saturated rings. The van der Waals surface area contributed by atoms with Gasteiger partial charge in [-0.25, -0.2) is 9.78 Å². The Balaban J connectivity index is 2.21. The van der Waals surface area contributed by atoms with Crippen LogP contribution < -0.4 is 11.2 Å². The molecule has 9 nitrogen and oxygen atoms in total. The number of hydrogen-bond donors (Lipinski definition) is 2. The molecule has 1 saturated carbocycles. The van der Waals surface area contributed by atoms with E-state index >= 15 is 0 Å². The molecule has 0 radical (unpaired) electrons. The van der Waals surface area contributed by atoms with Gasteiger partial charge >= 0.3 is 11.7 Å². The molecule has 1 aliphatic rings. The number of carbonyl (C=O) groups is 2. The molecule has 0 aliphatic heterocycles.